The van der Waals surface area contributed by atoms with Crippen LogP contribution < -0.4 is 0 Å². The predicted molar refractivity (Wildman–Crippen MR) is 109 cm³/mol. The molecule has 1 aromatic heterocycles. The smallest absolute Gasteiger partial charge is 0.0166 e. The molecule has 0 unspecified atom stereocenters. The summed E-state index contributed by atoms with van der Waals surface area (Å²) in [5.74, 6) is 0. The van der Waals surface area contributed by atoms with Gasteiger partial charge in [-0.2, -0.15) is 0 Å². The van der Waals surface area contributed by atoms with Crippen molar-refractivity contribution in [2.24, 2.45) is 0 Å². The number of aromatic nitrogens is 1. The second kappa shape index (κ2) is 7.44. The fraction of sp³-hybridized carbons (Fsp3) is 0. The topological polar surface area (TPSA) is 12.9 Å². The molecule has 5 rings (SSSR count). The van der Waals surface area contributed by atoms with Gasteiger partial charge in [0.05, 0.1) is 0 Å². The van der Waals surface area contributed by atoms with Crippen LogP contribution in [0.5, 0.6) is 0 Å². The van der Waals surface area contributed by atoms with E-state index in [1.807, 2.05) is 12.3 Å². The average Bonchev–Trinajstić information content (AvgIpc) is 2.74. The van der Waals surface area contributed by atoms with Crippen LogP contribution >= 0.6 is 0 Å². The van der Waals surface area contributed by atoms with Crippen LogP contribution in [-0.4, -0.2) is 4.98 Å². The van der Waals surface area contributed by atoms with Crippen LogP contribution in [0, 0.1) is 6.07 Å². The molecular formula is C25H16IrN-. The molecule has 0 aliphatic rings. The minimum Gasteiger partial charge on any atom is -0.305 e. The van der Waals surface area contributed by atoms with Crippen LogP contribution in [0.4, 0.5) is 0 Å². The molecule has 1 heterocycles. The molecule has 27 heavy (non-hydrogen) atoms. The molecule has 1 nitrogen and oxygen atoms in total. The van der Waals surface area contributed by atoms with E-state index in [0.29, 0.717) is 0 Å². The third-order valence-electron chi connectivity index (χ3n) is 4.82. The fourth-order valence-electron chi connectivity index (χ4n) is 3.48. The van der Waals surface area contributed by atoms with Gasteiger partial charge in [-0.1, -0.05) is 83.6 Å². The first-order valence-electron chi connectivity index (χ1n) is 8.73. The number of fused-ring (bicyclic) bond motifs is 3. The minimum atomic E-state index is 0. The molecule has 131 valence electrons. The number of rotatable bonds is 2. The summed E-state index contributed by atoms with van der Waals surface area (Å²) in [6, 6.07) is 35.1. The van der Waals surface area contributed by atoms with E-state index in [9.17, 15) is 0 Å². The summed E-state index contributed by atoms with van der Waals surface area (Å²) in [4.78, 5) is 4.59. The minimum absolute atomic E-state index is 0. The second-order valence-electron chi connectivity index (χ2n) is 6.43. The van der Waals surface area contributed by atoms with Crippen LogP contribution in [0.25, 0.3) is 43.9 Å². The Labute approximate surface area is 172 Å². The van der Waals surface area contributed by atoms with E-state index < -0.39 is 0 Å². The van der Waals surface area contributed by atoms with Crippen molar-refractivity contribution >= 4 is 21.5 Å². The molecule has 5 aromatic rings. The van der Waals surface area contributed by atoms with Crippen molar-refractivity contribution in [2.45, 2.75) is 0 Å². The third-order valence-corrected chi connectivity index (χ3v) is 4.82. The van der Waals surface area contributed by atoms with Gasteiger partial charge >= 0.3 is 0 Å². The summed E-state index contributed by atoms with van der Waals surface area (Å²) in [5.41, 5.74) is 4.33. The van der Waals surface area contributed by atoms with E-state index >= 15 is 0 Å². The first-order chi connectivity index (χ1) is 12.9. The largest absolute Gasteiger partial charge is 0.305 e. The van der Waals surface area contributed by atoms with E-state index in [0.717, 1.165) is 11.3 Å². The average molecular weight is 523 g/mol. The molecule has 0 bridgehead atoms. The van der Waals surface area contributed by atoms with Crippen LogP contribution in [0.1, 0.15) is 0 Å². The van der Waals surface area contributed by atoms with Gasteiger partial charge in [0, 0.05) is 26.3 Å². The predicted octanol–water partition coefficient (Wildman–Crippen LogP) is 6.52. The summed E-state index contributed by atoms with van der Waals surface area (Å²) < 4.78 is 0. The first kappa shape index (κ1) is 17.6. The molecule has 0 saturated carbocycles. The Kier molecular flexibility index (Phi) is 4.85. The van der Waals surface area contributed by atoms with Crippen molar-refractivity contribution in [3.05, 3.63) is 103 Å². The van der Waals surface area contributed by atoms with Gasteiger partial charge < -0.3 is 4.98 Å². The number of benzene rings is 4. The van der Waals surface area contributed by atoms with Gasteiger partial charge in [-0.3, -0.25) is 0 Å². The van der Waals surface area contributed by atoms with E-state index in [4.69, 9.17) is 0 Å². The Hall–Kier alpha value is -2.80. The maximum Gasteiger partial charge on any atom is 0.0166 e. The quantitative estimate of drug-likeness (QED) is 0.190. The zero-order valence-corrected chi connectivity index (χ0v) is 16.9. The van der Waals surface area contributed by atoms with E-state index in [2.05, 4.69) is 96.0 Å². The van der Waals surface area contributed by atoms with Crippen LogP contribution in [0.3, 0.4) is 0 Å². The van der Waals surface area contributed by atoms with Crippen molar-refractivity contribution < 1.29 is 20.1 Å². The maximum atomic E-state index is 4.59. The molecule has 0 N–H and O–H groups in total. The second-order valence-corrected chi connectivity index (χ2v) is 6.43. The summed E-state index contributed by atoms with van der Waals surface area (Å²) in [6.07, 6.45) is 1.87. The molecule has 0 spiro atoms. The number of hydrogen-bond acceptors (Lipinski definition) is 1. The number of hydrogen-bond donors (Lipinski definition) is 0. The maximum absolute atomic E-state index is 4.59. The molecule has 0 saturated heterocycles. The SMILES string of the molecule is [Ir].[c-]1cc2ccc3ccccc3c2cc1-c1cc(-c2ccccc2)ccn1. The molecule has 0 amide bonds. The van der Waals surface area contributed by atoms with E-state index in [-0.39, 0.29) is 20.1 Å². The third kappa shape index (κ3) is 3.30. The van der Waals surface area contributed by atoms with Crippen LogP contribution in [-0.2, 0) is 20.1 Å². The van der Waals surface area contributed by atoms with Gasteiger partial charge in [0.2, 0.25) is 0 Å². The molecule has 0 aliphatic carbocycles. The summed E-state index contributed by atoms with van der Waals surface area (Å²) >= 11 is 0. The molecule has 4 aromatic carbocycles. The Bertz CT molecular complexity index is 1230. The molecule has 2 heteroatoms. The Balaban J connectivity index is 0.00000180. The van der Waals surface area contributed by atoms with Gasteiger partial charge in [0.15, 0.2) is 0 Å². The van der Waals surface area contributed by atoms with Crippen LogP contribution in [0.15, 0.2) is 97.2 Å². The van der Waals surface area contributed by atoms with Crippen molar-refractivity contribution in [1.82, 2.24) is 4.98 Å². The van der Waals surface area contributed by atoms with E-state index in [1.54, 1.807) is 0 Å². The first-order valence-corrected chi connectivity index (χ1v) is 8.73. The zero-order valence-electron chi connectivity index (χ0n) is 14.5. The Morgan fingerprint density at radius 1 is 0.630 bits per heavy atom. The van der Waals surface area contributed by atoms with Crippen molar-refractivity contribution in [3.63, 3.8) is 0 Å². The normalized spacial score (nSPS) is 10.7. The molecule has 0 atom stereocenters. The summed E-state index contributed by atoms with van der Waals surface area (Å²) in [7, 11) is 0. The fourth-order valence-corrected chi connectivity index (χ4v) is 3.48. The molecule has 1 radical (unpaired) electrons. The van der Waals surface area contributed by atoms with Crippen molar-refractivity contribution in [3.8, 4) is 22.4 Å². The van der Waals surface area contributed by atoms with Gasteiger partial charge in [-0.25, -0.2) is 0 Å². The Morgan fingerprint density at radius 2 is 1.41 bits per heavy atom. The number of pyridine rings is 1. The van der Waals surface area contributed by atoms with Crippen molar-refractivity contribution in [1.29, 1.82) is 0 Å². The summed E-state index contributed by atoms with van der Waals surface area (Å²) in [6.45, 7) is 0. The zero-order chi connectivity index (χ0) is 17.3. The summed E-state index contributed by atoms with van der Waals surface area (Å²) in [5, 5.41) is 4.96. The molecular weight excluding hydrogens is 506 g/mol. The van der Waals surface area contributed by atoms with Gasteiger partial charge in [0.1, 0.15) is 0 Å². The van der Waals surface area contributed by atoms with Crippen LogP contribution in [0.2, 0.25) is 0 Å². The standard InChI is InChI=1S/C25H16N.Ir/c1-2-6-18(7-3-1)21-14-15-26-25(17-21)22-13-12-20-11-10-19-8-4-5-9-23(19)24(20)16-22;/h1-12,14-17H;/q-1;. The monoisotopic (exact) mass is 523 g/mol. The molecule has 0 aliphatic heterocycles. The number of nitrogens with zero attached hydrogens (tertiary/aromatic N) is 1. The van der Waals surface area contributed by atoms with E-state index in [1.165, 1.54) is 32.7 Å². The van der Waals surface area contributed by atoms with Gasteiger partial charge in [0.25, 0.3) is 0 Å². The Morgan fingerprint density at radius 3 is 2.30 bits per heavy atom. The van der Waals surface area contributed by atoms with Gasteiger partial charge in [-0.05, 0) is 33.7 Å². The molecule has 0 fully saturated rings. The van der Waals surface area contributed by atoms with Crippen molar-refractivity contribution in [2.75, 3.05) is 0 Å². The van der Waals surface area contributed by atoms with Gasteiger partial charge in [-0.15, -0.1) is 23.8 Å².